The Hall–Kier alpha value is -3.86. The van der Waals surface area contributed by atoms with Gasteiger partial charge in [0.25, 0.3) is 11.7 Å². The van der Waals surface area contributed by atoms with E-state index in [0.717, 1.165) is 16.7 Å². The molecule has 156 valence electrons. The molecule has 0 saturated carbocycles. The number of likely N-dealkylation sites (tertiary alicyclic amines) is 1. The second kappa shape index (κ2) is 8.48. The van der Waals surface area contributed by atoms with E-state index in [1.54, 1.807) is 31.4 Å². The number of ether oxygens (including phenoxy) is 1. The third-order valence-corrected chi connectivity index (χ3v) is 5.49. The van der Waals surface area contributed by atoms with E-state index < -0.39 is 17.7 Å². The second-order valence-corrected chi connectivity index (χ2v) is 7.55. The fourth-order valence-electron chi connectivity index (χ4n) is 3.82. The summed E-state index contributed by atoms with van der Waals surface area (Å²) in [6.07, 6.45) is 0. The van der Waals surface area contributed by atoms with Gasteiger partial charge < -0.3 is 14.7 Å². The van der Waals surface area contributed by atoms with Gasteiger partial charge in [0, 0.05) is 12.1 Å². The molecule has 0 aliphatic carbocycles. The number of carbonyl (C=O) groups is 2. The monoisotopic (exact) mass is 413 g/mol. The first kappa shape index (κ1) is 20.4. The summed E-state index contributed by atoms with van der Waals surface area (Å²) in [6, 6.07) is 23.2. The van der Waals surface area contributed by atoms with Gasteiger partial charge in [-0.05, 0) is 42.3 Å². The number of nitrogens with zero attached hydrogens (tertiary/aromatic N) is 1. The Labute approximate surface area is 181 Å². The molecule has 5 nitrogen and oxygen atoms in total. The Kier molecular flexibility index (Phi) is 5.58. The zero-order valence-corrected chi connectivity index (χ0v) is 17.4. The number of carbonyl (C=O) groups excluding carboxylic acids is 2. The highest BCUT2D eigenvalue weighted by molar-refractivity contribution is 6.46. The molecule has 4 rings (SSSR count). The van der Waals surface area contributed by atoms with Gasteiger partial charge in [-0.15, -0.1) is 0 Å². The van der Waals surface area contributed by atoms with Crippen molar-refractivity contribution in [2.45, 2.75) is 19.5 Å². The van der Waals surface area contributed by atoms with Crippen molar-refractivity contribution in [1.82, 2.24) is 4.90 Å². The summed E-state index contributed by atoms with van der Waals surface area (Å²) in [5.41, 5.74) is 3.30. The Morgan fingerprint density at radius 2 is 1.58 bits per heavy atom. The van der Waals surface area contributed by atoms with E-state index in [-0.39, 0.29) is 17.9 Å². The van der Waals surface area contributed by atoms with Crippen LogP contribution >= 0.6 is 0 Å². The van der Waals surface area contributed by atoms with Crippen LogP contribution in [-0.4, -0.2) is 28.8 Å². The van der Waals surface area contributed by atoms with Crippen LogP contribution in [-0.2, 0) is 16.1 Å². The third-order valence-electron chi connectivity index (χ3n) is 5.49. The Balaban J connectivity index is 1.84. The lowest BCUT2D eigenvalue weighted by Crippen LogP contribution is -2.29. The minimum Gasteiger partial charge on any atom is -0.507 e. The minimum atomic E-state index is -0.685. The number of amides is 1. The molecule has 1 fully saturated rings. The van der Waals surface area contributed by atoms with Crippen LogP contribution in [0, 0.1) is 6.92 Å². The maximum absolute atomic E-state index is 13.1. The average Bonchev–Trinajstić information content (AvgIpc) is 3.05. The van der Waals surface area contributed by atoms with Crippen molar-refractivity contribution < 1.29 is 19.4 Å². The molecule has 1 amide bonds. The van der Waals surface area contributed by atoms with E-state index in [0.29, 0.717) is 11.3 Å². The first-order chi connectivity index (χ1) is 15.0. The van der Waals surface area contributed by atoms with Crippen molar-refractivity contribution in [1.29, 1.82) is 0 Å². The molecule has 5 heteroatoms. The molecule has 3 aromatic carbocycles. The fourth-order valence-corrected chi connectivity index (χ4v) is 3.82. The molecule has 1 unspecified atom stereocenters. The highest BCUT2D eigenvalue weighted by Gasteiger charge is 2.46. The molecule has 1 aliphatic heterocycles. The first-order valence-corrected chi connectivity index (χ1v) is 10.0. The summed E-state index contributed by atoms with van der Waals surface area (Å²) in [5, 5.41) is 11.1. The van der Waals surface area contributed by atoms with Gasteiger partial charge in [0.1, 0.15) is 11.5 Å². The zero-order chi connectivity index (χ0) is 22.0. The van der Waals surface area contributed by atoms with Crippen LogP contribution in [0.4, 0.5) is 0 Å². The topological polar surface area (TPSA) is 66.8 Å². The Morgan fingerprint density at radius 3 is 2.19 bits per heavy atom. The van der Waals surface area contributed by atoms with Crippen LogP contribution in [0.2, 0.25) is 0 Å². The number of benzene rings is 3. The predicted molar refractivity (Wildman–Crippen MR) is 118 cm³/mol. The summed E-state index contributed by atoms with van der Waals surface area (Å²) in [6.45, 7) is 2.24. The number of aryl methyl sites for hydroxylation is 1. The second-order valence-electron chi connectivity index (χ2n) is 7.55. The van der Waals surface area contributed by atoms with Crippen molar-refractivity contribution in [3.63, 3.8) is 0 Å². The largest absolute Gasteiger partial charge is 0.507 e. The van der Waals surface area contributed by atoms with Gasteiger partial charge in [0.15, 0.2) is 0 Å². The summed E-state index contributed by atoms with van der Waals surface area (Å²) >= 11 is 0. The molecule has 1 heterocycles. The van der Waals surface area contributed by atoms with Gasteiger partial charge in [-0.2, -0.15) is 0 Å². The molecule has 0 bridgehead atoms. The molecule has 0 radical (unpaired) electrons. The van der Waals surface area contributed by atoms with Crippen LogP contribution in [0.3, 0.4) is 0 Å². The van der Waals surface area contributed by atoms with Crippen LogP contribution in [0.15, 0.2) is 84.4 Å². The van der Waals surface area contributed by atoms with E-state index >= 15 is 0 Å². The van der Waals surface area contributed by atoms with Gasteiger partial charge in [0.05, 0.1) is 18.7 Å². The van der Waals surface area contributed by atoms with Gasteiger partial charge in [-0.25, -0.2) is 0 Å². The number of aliphatic hydroxyl groups excluding tert-OH is 1. The fraction of sp³-hybridized carbons (Fsp3) is 0.154. The maximum Gasteiger partial charge on any atom is 0.295 e. The van der Waals surface area contributed by atoms with Crippen LogP contribution < -0.4 is 4.74 Å². The maximum atomic E-state index is 13.1. The number of methoxy groups -OCH3 is 1. The van der Waals surface area contributed by atoms with E-state index in [1.165, 1.54) is 4.90 Å². The van der Waals surface area contributed by atoms with E-state index in [2.05, 4.69) is 0 Å². The number of rotatable bonds is 5. The predicted octanol–water partition coefficient (Wildman–Crippen LogP) is 4.63. The minimum absolute atomic E-state index is 0.0925. The molecule has 0 aromatic heterocycles. The van der Waals surface area contributed by atoms with E-state index in [1.807, 2.05) is 61.5 Å². The molecule has 1 aliphatic rings. The normalized spacial score (nSPS) is 17.7. The van der Waals surface area contributed by atoms with Crippen LogP contribution in [0.5, 0.6) is 5.75 Å². The van der Waals surface area contributed by atoms with Gasteiger partial charge in [-0.1, -0.05) is 60.2 Å². The number of hydrogen-bond donors (Lipinski definition) is 1. The lowest BCUT2D eigenvalue weighted by molar-refractivity contribution is -0.140. The molecule has 3 aromatic rings. The van der Waals surface area contributed by atoms with Crippen LogP contribution in [0.1, 0.15) is 28.3 Å². The molecular formula is C26H23NO4. The average molecular weight is 413 g/mol. The molecule has 1 atom stereocenters. The Bertz CT molecular complexity index is 1130. The summed E-state index contributed by atoms with van der Waals surface area (Å²) in [7, 11) is 1.56. The van der Waals surface area contributed by atoms with Crippen molar-refractivity contribution >= 4 is 17.4 Å². The van der Waals surface area contributed by atoms with Gasteiger partial charge in [0.2, 0.25) is 0 Å². The highest BCUT2D eigenvalue weighted by Crippen LogP contribution is 2.40. The molecular weight excluding hydrogens is 390 g/mol. The van der Waals surface area contributed by atoms with Crippen molar-refractivity contribution in [3.05, 3.63) is 107 Å². The number of hydrogen-bond acceptors (Lipinski definition) is 4. The standard InChI is InChI=1S/C26H23NO4/c1-17-8-10-19(11-9-17)23-22(24(28)20-12-14-21(31-2)15-13-20)25(29)26(30)27(23)16-18-6-4-3-5-7-18/h3-15,23,28H,16H2,1-2H3/b24-22+. The lowest BCUT2D eigenvalue weighted by atomic mass is 9.94. The van der Waals surface area contributed by atoms with Crippen molar-refractivity contribution in [2.75, 3.05) is 7.11 Å². The summed E-state index contributed by atoms with van der Waals surface area (Å²) in [5.74, 6) is -0.863. The van der Waals surface area contributed by atoms with E-state index in [4.69, 9.17) is 4.74 Å². The summed E-state index contributed by atoms with van der Waals surface area (Å²) < 4.78 is 5.17. The quantitative estimate of drug-likeness (QED) is 0.376. The number of ketones is 1. The smallest absolute Gasteiger partial charge is 0.295 e. The van der Waals surface area contributed by atoms with Gasteiger partial charge in [-0.3, -0.25) is 9.59 Å². The molecule has 1 N–H and O–H groups in total. The zero-order valence-electron chi connectivity index (χ0n) is 17.4. The molecule has 31 heavy (non-hydrogen) atoms. The third kappa shape index (κ3) is 3.94. The Morgan fingerprint density at radius 1 is 0.935 bits per heavy atom. The van der Waals surface area contributed by atoms with Crippen molar-refractivity contribution in [3.8, 4) is 5.75 Å². The first-order valence-electron chi connectivity index (χ1n) is 10.0. The highest BCUT2D eigenvalue weighted by atomic mass is 16.5. The van der Waals surface area contributed by atoms with Crippen molar-refractivity contribution in [2.24, 2.45) is 0 Å². The van der Waals surface area contributed by atoms with E-state index in [9.17, 15) is 14.7 Å². The van der Waals surface area contributed by atoms with Crippen LogP contribution in [0.25, 0.3) is 5.76 Å². The van der Waals surface area contributed by atoms with Gasteiger partial charge >= 0.3 is 0 Å². The lowest BCUT2D eigenvalue weighted by Gasteiger charge is -2.25. The number of Topliss-reactive ketones (excluding diaryl/α,β-unsaturated/α-hetero) is 1. The molecule has 0 spiro atoms. The molecule has 1 saturated heterocycles. The SMILES string of the molecule is COc1ccc(/C(O)=C2\C(=O)C(=O)N(Cc3ccccc3)C2c2ccc(C)cc2)cc1. The summed E-state index contributed by atoms with van der Waals surface area (Å²) in [4.78, 5) is 27.6. The number of aliphatic hydroxyl groups is 1.